The minimum atomic E-state index is -0.592. The van der Waals surface area contributed by atoms with Gasteiger partial charge in [0, 0.05) is 30.2 Å². The lowest BCUT2D eigenvalue weighted by Gasteiger charge is -2.12. The standard InChI is InChI=1S/C22H23FN4O/c1-15(2)17-3-6-19(7-4-17)26-21(28)13-18-5-8-20(23)27-22(18)25-14-16-9-11-24-12-10-16/h3-12,15H,13-14H2,1-2H3,(H,25,27)(H,26,28). The molecule has 0 atom stereocenters. The highest BCUT2D eigenvalue weighted by molar-refractivity contribution is 5.92. The summed E-state index contributed by atoms with van der Waals surface area (Å²) in [5.41, 5.74) is 3.56. The number of anilines is 2. The summed E-state index contributed by atoms with van der Waals surface area (Å²) in [6.07, 6.45) is 3.47. The van der Waals surface area contributed by atoms with Gasteiger partial charge in [-0.25, -0.2) is 4.98 Å². The molecule has 0 unspecified atom stereocenters. The van der Waals surface area contributed by atoms with Crippen LogP contribution in [0.3, 0.4) is 0 Å². The second-order valence-electron chi connectivity index (χ2n) is 6.85. The Labute approximate surface area is 164 Å². The van der Waals surface area contributed by atoms with Crippen LogP contribution in [0.5, 0.6) is 0 Å². The van der Waals surface area contributed by atoms with Gasteiger partial charge in [0.05, 0.1) is 6.42 Å². The number of amides is 1. The van der Waals surface area contributed by atoms with E-state index in [1.807, 2.05) is 36.4 Å². The van der Waals surface area contributed by atoms with Gasteiger partial charge in [0.15, 0.2) is 0 Å². The molecule has 144 valence electrons. The number of carbonyl (C=O) groups is 1. The quantitative estimate of drug-likeness (QED) is 0.593. The molecule has 1 amide bonds. The normalized spacial score (nSPS) is 10.7. The number of hydrogen-bond donors (Lipinski definition) is 2. The van der Waals surface area contributed by atoms with Crippen molar-refractivity contribution in [3.63, 3.8) is 0 Å². The van der Waals surface area contributed by atoms with Crippen LogP contribution in [0, 0.1) is 5.95 Å². The van der Waals surface area contributed by atoms with Crippen LogP contribution in [0.2, 0.25) is 0 Å². The fourth-order valence-electron chi connectivity index (χ4n) is 2.78. The minimum absolute atomic E-state index is 0.0951. The molecule has 0 bridgehead atoms. The first-order valence-corrected chi connectivity index (χ1v) is 9.19. The SMILES string of the molecule is CC(C)c1ccc(NC(=O)Cc2ccc(F)nc2NCc2ccncc2)cc1. The molecule has 2 heterocycles. The van der Waals surface area contributed by atoms with E-state index in [1.54, 1.807) is 18.5 Å². The van der Waals surface area contributed by atoms with Crippen LogP contribution in [0.4, 0.5) is 15.9 Å². The highest BCUT2D eigenvalue weighted by Crippen LogP contribution is 2.19. The summed E-state index contributed by atoms with van der Waals surface area (Å²) in [7, 11) is 0. The lowest BCUT2D eigenvalue weighted by Crippen LogP contribution is -2.16. The van der Waals surface area contributed by atoms with Crippen LogP contribution in [0.25, 0.3) is 0 Å². The summed E-state index contributed by atoms with van der Waals surface area (Å²) in [5, 5.41) is 5.98. The zero-order valence-electron chi connectivity index (χ0n) is 15.9. The van der Waals surface area contributed by atoms with Crippen LogP contribution < -0.4 is 10.6 Å². The molecule has 0 aliphatic carbocycles. The Morgan fingerprint density at radius 2 is 1.75 bits per heavy atom. The first-order chi connectivity index (χ1) is 13.5. The molecule has 0 spiro atoms. The van der Waals surface area contributed by atoms with Crippen molar-refractivity contribution >= 4 is 17.4 Å². The maximum atomic E-state index is 13.6. The topological polar surface area (TPSA) is 66.9 Å². The van der Waals surface area contributed by atoms with E-state index in [2.05, 4.69) is 34.4 Å². The Bertz CT molecular complexity index is 927. The number of nitrogens with zero attached hydrogens (tertiary/aromatic N) is 2. The van der Waals surface area contributed by atoms with Crippen LogP contribution in [0.15, 0.2) is 60.9 Å². The molecule has 0 radical (unpaired) electrons. The first-order valence-electron chi connectivity index (χ1n) is 9.19. The van der Waals surface area contributed by atoms with Crippen molar-refractivity contribution in [2.45, 2.75) is 32.7 Å². The van der Waals surface area contributed by atoms with E-state index in [9.17, 15) is 9.18 Å². The van der Waals surface area contributed by atoms with Gasteiger partial charge >= 0.3 is 0 Å². The number of halogens is 1. The van der Waals surface area contributed by atoms with Gasteiger partial charge in [-0.2, -0.15) is 4.39 Å². The average molecular weight is 378 g/mol. The Balaban J connectivity index is 1.66. The number of carbonyl (C=O) groups excluding carboxylic acids is 1. The van der Waals surface area contributed by atoms with Gasteiger partial charge in [0.1, 0.15) is 5.82 Å². The molecule has 0 fully saturated rings. The molecule has 2 aromatic heterocycles. The number of rotatable bonds is 7. The maximum absolute atomic E-state index is 13.6. The molecular formula is C22H23FN4O. The summed E-state index contributed by atoms with van der Waals surface area (Å²) in [6, 6.07) is 14.3. The Hall–Kier alpha value is -3.28. The van der Waals surface area contributed by atoms with Crippen molar-refractivity contribution in [1.82, 2.24) is 9.97 Å². The van der Waals surface area contributed by atoms with Gasteiger partial charge in [-0.15, -0.1) is 0 Å². The third-order valence-corrected chi connectivity index (χ3v) is 4.37. The maximum Gasteiger partial charge on any atom is 0.228 e. The van der Waals surface area contributed by atoms with Gasteiger partial charge in [-0.1, -0.05) is 32.0 Å². The number of aromatic nitrogens is 2. The average Bonchev–Trinajstić information content (AvgIpc) is 2.69. The van der Waals surface area contributed by atoms with Crippen molar-refractivity contribution < 1.29 is 9.18 Å². The predicted molar refractivity (Wildman–Crippen MR) is 109 cm³/mol. The molecule has 5 nitrogen and oxygen atoms in total. The summed E-state index contributed by atoms with van der Waals surface area (Å²) in [4.78, 5) is 20.3. The van der Waals surface area contributed by atoms with Crippen LogP contribution in [0.1, 0.15) is 36.5 Å². The number of hydrogen-bond acceptors (Lipinski definition) is 4. The van der Waals surface area contributed by atoms with Gasteiger partial charge in [-0.3, -0.25) is 9.78 Å². The molecule has 2 N–H and O–H groups in total. The first kappa shape index (κ1) is 19.5. The molecule has 1 aromatic carbocycles. The van der Waals surface area contributed by atoms with Gasteiger partial charge in [-0.05, 0) is 47.4 Å². The van der Waals surface area contributed by atoms with E-state index < -0.39 is 5.95 Å². The fraction of sp³-hybridized carbons (Fsp3) is 0.227. The van der Waals surface area contributed by atoms with Crippen molar-refractivity contribution in [3.8, 4) is 0 Å². The Morgan fingerprint density at radius 3 is 2.43 bits per heavy atom. The highest BCUT2D eigenvalue weighted by atomic mass is 19.1. The van der Waals surface area contributed by atoms with E-state index >= 15 is 0 Å². The van der Waals surface area contributed by atoms with Gasteiger partial charge < -0.3 is 10.6 Å². The molecule has 3 aromatic rings. The molecule has 0 aliphatic heterocycles. The monoisotopic (exact) mass is 378 g/mol. The lowest BCUT2D eigenvalue weighted by molar-refractivity contribution is -0.115. The van der Waals surface area contributed by atoms with Crippen molar-refractivity contribution in [1.29, 1.82) is 0 Å². The molecule has 0 saturated heterocycles. The van der Waals surface area contributed by atoms with Crippen LogP contribution >= 0.6 is 0 Å². The zero-order valence-corrected chi connectivity index (χ0v) is 15.9. The Kier molecular flexibility index (Phi) is 6.32. The van der Waals surface area contributed by atoms with E-state index in [0.717, 1.165) is 11.3 Å². The molecule has 6 heteroatoms. The second kappa shape index (κ2) is 9.08. The third kappa shape index (κ3) is 5.36. The molecule has 28 heavy (non-hydrogen) atoms. The zero-order chi connectivity index (χ0) is 19.9. The van der Waals surface area contributed by atoms with Gasteiger partial charge in [0.25, 0.3) is 0 Å². The highest BCUT2D eigenvalue weighted by Gasteiger charge is 2.11. The smallest absolute Gasteiger partial charge is 0.228 e. The predicted octanol–water partition coefficient (Wildman–Crippen LogP) is 4.53. The van der Waals surface area contributed by atoms with Crippen LogP contribution in [-0.2, 0) is 17.8 Å². The summed E-state index contributed by atoms with van der Waals surface area (Å²) in [5.74, 6) is 0.0227. The molecular weight excluding hydrogens is 355 g/mol. The van der Waals surface area contributed by atoms with Crippen molar-refractivity contribution in [3.05, 3.63) is 83.6 Å². The van der Waals surface area contributed by atoms with Gasteiger partial charge in [0.2, 0.25) is 11.9 Å². The Morgan fingerprint density at radius 1 is 1.04 bits per heavy atom. The minimum Gasteiger partial charge on any atom is -0.366 e. The molecule has 3 rings (SSSR count). The van der Waals surface area contributed by atoms with E-state index in [4.69, 9.17) is 0 Å². The van der Waals surface area contributed by atoms with E-state index in [1.165, 1.54) is 11.6 Å². The van der Waals surface area contributed by atoms with Crippen molar-refractivity contribution in [2.75, 3.05) is 10.6 Å². The summed E-state index contributed by atoms with van der Waals surface area (Å²) < 4.78 is 13.6. The number of benzene rings is 1. The van der Waals surface area contributed by atoms with Crippen LogP contribution in [-0.4, -0.2) is 15.9 Å². The summed E-state index contributed by atoms with van der Waals surface area (Å²) in [6.45, 7) is 4.70. The molecule has 0 aliphatic rings. The lowest BCUT2D eigenvalue weighted by atomic mass is 10.0. The number of nitrogens with one attached hydrogen (secondary N) is 2. The summed E-state index contributed by atoms with van der Waals surface area (Å²) >= 11 is 0. The van der Waals surface area contributed by atoms with E-state index in [-0.39, 0.29) is 12.3 Å². The van der Waals surface area contributed by atoms with Crippen molar-refractivity contribution in [2.24, 2.45) is 0 Å². The fourth-order valence-corrected chi connectivity index (χ4v) is 2.78. The largest absolute Gasteiger partial charge is 0.366 e. The molecule has 0 saturated carbocycles. The number of pyridine rings is 2. The van der Waals surface area contributed by atoms with E-state index in [0.29, 0.717) is 23.8 Å². The third-order valence-electron chi connectivity index (χ3n) is 4.37. The second-order valence-corrected chi connectivity index (χ2v) is 6.85.